The Labute approximate surface area is 97.2 Å². The summed E-state index contributed by atoms with van der Waals surface area (Å²) in [5.74, 6) is 0. The molecule has 0 aliphatic carbocycles. The summed E-state index contributed by atoms with van der Waals surface area (Å²) in [5.41, 5.74) is 2.07. The van der Waals surface area contributed by atoms with Crippen LogP contribution in [0.2, 0.25) is 0 Å². The van der Waals surface area contributed by atoms with E-state index >= 15 is 0 Å². The molecule has 0 saturated carbocycles. The Hall–Kier alpha value is -1.13. The molecule has 0 bridgehead atoms. The maximum Gasteiger partial charge on any atom is 0.240 e. The maximum absolute atomic E-state index is 11.8. The Morgan fingerprint density at radius 2 is 2.00 bits per heavy atom. The zero-order valence-corrected chi connectivity index (χ0v) is 10.5. The number of nitrogens with one attached hydrogen (secondary N) is 1. The first-order valence-corrected chi connectivity index (χ1v) is 6.63. The first-order chi connectivity index (χ1) is 7.47. The van der Waals surface area contributed by atoms with Crippen molar-refractivity contribution < 1.29 is 8.42 Å². The molecule has 16 heavy (non-hydrogen) atoms. The van der Waals surface area contributed by atoms with Crippen molar-refractivity contribution >= 4 is 10.0 Å². The monoisotopic (exact) mass is 239 g/mol. The molecule has 0 radical (unpaired) electrons. The van der Waals surface area contributed by atoms with Crippen molar-refractivity contribution in [2.45, 2.75) is 25.2 Å². The SMILES string of the molecule is C=CCCNS(=O)(=O)c1ccc(C)c(C)c1. The van der Waals surface area contributed by atoms with Crippen molar-refractivity contribution in [1.82, 2.24) is 4.72 Å². The zero-order chi connectivity index (χ0) is 12.2. The average Bonchev–Trinajstić information content (AvgIpc) is 2.22. The second-order valence-electron chi connectivity index (χ2n) is 3.72. The third-order valence-corrected chi connectivity index (χ3v) is 3.89. The summed E-state index contributed by atoms with van der Waals surface area (Å²) in [5, 5.41) is 0. The molecule has 0 aromatic heterocycles. The minimum absolute atomic E-state index is 0.319. The minimum Gasteiger partial charge on any atom is -0.211 e. The quantitative estimate of drug-likeness (QED) is 0.632. The van der Waals surface area contributed by atoms with Gasteiger partial charge in [-0.2, -0.15) is 0 Å². The molecule has 0 aliphatic rings. The Balaban J connectivity index is 2.90. The van der Waals surface area contributed by atoms with Crippen LogP contribution < -0.4 is 4.72 Å². The highest BCUT2D eigenvalue weighted by Gasteiger charge is 2.13. The van der Waals surface area contributed by atoms with Crippen LogP contribution in [0.1, 0.15) is 17.5 Å². The van der Waals surface area contributed by atoms with Gasteiger partial charge in [-0.25, -0.2) is 13.1 Å². The first-order valence-electron chi connectivity index (χ1n) is 5.15. The van der Waals surface area contributed by atoms with E-state index in [1.807, 2.05) is 19.9 Å². The summed E-state index contributed by atoms with van der Waals surface area (Å²) in [7, 11) is -3.37. The molecular weight excluding hydrogens is 222 g/mol. The highest BCUT2D eigenvalue weighted by Crippen LogP contribution is 2.14. The average molecular weight is 239 g/mol. The maximum atomic E-state index is 11.8. The van der Waals surface area contributed by atoms with Crippen LogP contribution in [0.15, 0.2) is 35.7 Å². The van der Waals surface area contributed by atoms with Crippen molar-refractivity contribution in [2.24, 2.45) is 0 Å². The Kier molecular flexibility index (Phi) is 4.26. The molecule has 3 nitrogen and oxygen atoms in total. The molecule has 1 N–H and O–H groups in total. The van der Waals surface area contributed by atoms with Crippen molar-refractivity contribution in [3.63, 3.8) is 0 Å². The van der Waals surface area contributed by atoms with Crippen LogP contribution in [0.4, 0.5) is 0 Å². The topological polar surface area (TPSA) is 46.2 Å². The molecule has 88 valence electrons. The second-order valence-corrected chi connectivity index (χ2v) is 5.49. The van der Waals surface area contributed by atoms with Gasteiger partial charge in [-0.1, -0.05) is 12.1 Å². The Morgan fingerprint density at radius 3 is 2.56 bits per heavy atom. The number of hydrogen-bond donors (Lipinski definition) is 1. The normalized spacial score (nSPS) is 11.4. The fourth-order valence-corrected chi connectivity index (χ4v) is 2.39. The van der Waals surface area contributed by atoms with Crippen LogP contribution in [-0.4, -0.2) is 15.0 Å². The van der Waals surface area contributed by atoms with Crippen molar-refractivity contribution in [3.05, 3.63) is 42.0 Å². The number of benzene rings is 1. The fraction of sp³-hybridized carbons (Fsp3) is 0.333. The van der Waals surface area contributed by atoms with Gasteiger partial charge < -0.3 is 0 Å². The molecule has 0 spiro atoms. The predicted molar refractivity (Wildman–Crippen MR) is 65.9 cm³/mol. The zero-order valence-electron chi connectivity index (χ0n) is 9.66. The molecule has 0 atom stereocenters. The lowest BCUT2D eigenvalue weighted by molar-refractivity contribution is 0.582. The molecule has 1 aromatic rings. The molecule has 0 amide bonds. The number of rotatable bonds is 5. The number of sulfonamides is 1. The molecule has 4 heteroatoms. The van der Waals surface area contributed by atoms with E-state index in [0.29, 0.717) is 17.9 Å². The fourth-order valence-electron chi connectivity index (χ4n) is 1.26. The van der Waals surface area contributed by atoms with Crippen LogP contribution in [-0.2, 0) is 10.0 Å². The van der Waals surface area contributed by atoms with E-state index in [1.165, 1.54) is 0 Å². The summed E-state index contributed by atoms with van der Waals surface area (Å²) in [6, 6.07) is 5.13. The lowest BCUT2D eigenvalue weighted by Gasteiger charge is -2.07. The van der Waals surface area contributed by atoms with E-state index in [9.17, 15) is 8.42 Å². The smallest absolute Gasteiger partial charge is 0.211 e. The van der Waals surface area contributed by atoms with E-state index in [2.05, 4.69) is 11.3 Å². The summed E-state index contributed by atoms with van der Waals surface area (Å²) in [6.07, 6.45) is 2.31. The van der Waals surface area contributed by atoms with Crippen molar-refractivity contribution in [3.8, 4) is 0 Å². The van der Waals surface area contributed by atoms with E-state index in [0.717, 1.165) is 11.1 Å². The summed E-state index contributed by atoms with van der Waals surface area (Å²) < 4.78 is 26.2. The third kappa shape index (κ3) is 3.18. The first kappa shape index (κ1) is 12.9. The van der Waals surface area contributed by atoms with Gasteiger partial charge in [0.05, 0.1) is 4.90 Å². The van der Waals surface area contributed by atoms with Crippen molar-refractivity contribution in [1.29, 1.82) is 0 Å². The minimum atomic E-state index is -3.37. The summed E-state index contributed by atoms with van der Waals surface area (Å²) in [6.45, 7) is 7.79. The molecule has 1 aromatic carbocycles. The third-order valence-electron chi connectivity index (χ3n) is 2.43. The van der Waals surface area contributed by atoms with Crippen LogP contribution in [0, 0.1) is 13.8 Å². The molecule has 1 rings (SSSR count). The van der Waals surface area contributed by atoms with Gasteiger partial charge in [0.2, 0.25) is 10.0 Å². The van der Waals surface area contributed by atoms with Gasteiger partial charge in [-0.3, -0.25) is 0 Å². The number of hydrogen-bond acceptors (Lipinski definition) is 2. The molecule has 0 aliphatic heterocycles. The molecule has 0 heterocycles. The van der Waals surface area contributed by atoms with Gasteiger partial charge in [0.1, 0.15) is 0 Å². The standard InChI is InChI=1S/C12H17NO2S/c1-4-5-8-13-16(14,15)12-7-6-10(2)11(3)9-12/h4,6-7,9,13H,1,5,8H2,2-3H3. The van der Waals surface area contributed by atoms with E-state index < -0.39 is 10.0 Å². The molecule has 0 fully saturated rings. The lowest BCUT2D eigenvalue weighted by atomic mass is 10.1. The Morgan fingerprint density at radius 1 is 1.31 bits per heavy atom. The van der Waals surface area contributed by atoms with Crippen LogP contribution >= 0.6 is 0 Å². The largest absolute Gasteiger partial charge is 0.240 e. The lowest BCUT2D eigenvalue weighted by Crippen LogP contribution is -2.24. The molecule has 0 saturated heterocycles. The predicted octanol–water partition coefficient (Wildman–Crippen LogP) is 2.16. The highest BCUT2D eigenvalue weighted by molar-refractivity contribution is 7.89. The molecular formula is C12H17NO2S. The van der Waals surface area contributed by atoms with Crippen LogP contribution in [0.5, 0.6) is 0 Å². The number of aryl methyl sites for hydroxylation is 2. The van der Waals surface area contributed by atoms with Gasteiger partial charge >= 0.3 is 0 Å². The van der Waals surface area contributed by atoms with E-state index in [4.69, 9.17) is 0 Å². The second kappa shape index (κ2) is 5.27. The van der Waals surface area contributed by atoms with Gasteiger partial charge in [0, 0.05) is 6.54 Å². The van der Waals surface area contributed by atoms with Crippen LogP contribution in [0.3, 0.4) is 0 Å². The van der Waals surface area contributed by atoms with Gasteiger partial charge in [0.25, 0.3) is 0 Å². The van der Waals surface area contributed by atoms with Gasteiger partial charge in [0.15, 0.2) is 0 Å². The highest BCUT2D eigenvalue weighted by atomic mass is 32.2. The molecule has 0 unspecified atom stereocenters. The van der Waals surface area contributed by atoms with E-state index in [1.54, 1.807) is 18.2 Å². The van der Waals surface area contributed by atoms with Gasteiger partial charge in [-0.05, 0) is 43.5 Å². The van der Waals surface area contributed by atoms with E-state index in [-0.39, 0.29) is 0 Å². The van der Waals surface area contributed by atoms with Crippen molar-refractivity contribution in [2.75, 3.05) is 6.54 Å². The Bertz CT molecular complexity index is 478. The van der Waals surface area contributed by atoms with Gasteiger partial charge in [-0.15, -0.1) is 6.58 Å². The summed E-state index contributed by atoms with van der Waals surface area (Å²) in [4.78, 5) is 0.319. The summed E-state index contributed by atoms with van der Waals surface area (Å²) >= 11 is 0. The van der Waals surface area contributed by atoms with Crippen LogP contribution in [0.25, 0.3) is 0 Å².